The average molecular weight is 328 g/mol. The molecule has 120 valence electrons. The number of aromatic nitrogens is 2. The highest BCUT2D eigenvalue weighted by Crippen LogP contribution is 2.63. The zero-order valence-electron chi connectivity index (χ0n) is 13.1. The third-order valence-corrected chi connectivity index (χ3v) is 6.11. The lowest BCUT2D eigenvalue weighted by Gasteiger charge is -2.21. The third-order valence-electron chi connectivity index (χ3n) is 5.02. The molecule has 2 aromatic rings. The number of carbonyl (C=O) groups excluding carboxylic acids is 1. The van der Waals surface area contributed by atoms with Crippen LogP contribution in [0.2, 0.25) is 0 Å². The molecule has 1 aromatic heterocycles. The quantitative estimate of drug-likeness (QED) is 0.885. The Balaban J connectivity index is 1.43. The number of nitrogens with one attached hydrogen (secondary N) is 1. The van der Waals surface area contributed by atoms with Crippen LogP contribution in [0.25, 0.3) is 0 Å². The maximum absolute atomic E-state index is 12.6. The Hall–Kier alpha value is -1.79. The van der Waals surface area contributed by atoms with Gasteiger partial charge in [-0.2, -0.15) is 0 Å². The standard InChI is InChI=1S/C17H20N4OS/c1-21-11-10-19-15(21)23-13-4-2-12(3-5-13)20-14(22)16(6-7-16)17(18)8-9-17/h2-5,10-11H,6-9,18H2,1H3,(H,20,22). The lowest BCUT2D eigenvalue weighted by atomic mass is 9.93. The molecule has 6 heteroatoms. The van der Waals surface area contributed by atoms with E-state index in [1.165, 1.54) is 0 Å². The van der Waals surface area contributed by atoms with E-state index in [4.69, 9.17) is 5.73 Å². The number of anilines is 1. The first-order valence-electron chi connectivity index (χ1n) is 7.88. The Bertz CT molecular complexity index is 744. The number of hydrogen-bond acceptors (Lipinski definition) is 4. The van der Waals surface area contributed by atoms with Gasteiger partial charge < -0.3 is 15.6 Å². The number of nitrogens with zero attached hydrogens (tertiary/aromatic N) is 2. The number of hydrogen-bond donors (Lipinski definition) is 2. The Morgan fingerprint density at radius 2 is 1.96 bits per heavy atom. The predicted octanol–water partition coefficient (Wildman–Crippen LogP) is 2.78. The molecular weight excluding hydrogens is 308 g/mol. The van der Waals surface area contributed by atoms with Crippen molar-refractivity contribution in [2.45, 2.75) is 41.3 Å². The summed E-state index contributed by atoms with van der Waals surface area (Å²) >= 11 is 1.60. The zero-order valence-corrected chi connectivity index (χ0v) is 13.9. The molecule has 2 fully saturated rings. The van der Waals surface area contributed by atoms with Gasteiger partial charge in [0.2, 0.25) is 5.91 Å². The summed E-state index contributed by atoms with van der Waals surface area (Å²) in [4.78, 5) is 18.0. The van der Waals surface area contributed by atoms with E-state index < -0.39 is 0 Å². The highest BCUT2D eigenvalue weighted by molar-refractivity contribution is 7.99. The first-order valence-corrected chi connectivity index (χ1v) is 8.70. The molecule has 2 saturated carbocycles. The van der Waals surface area contributed by atoms with Crippen molar-refractivity contribution in [2.75, 3.05) is 5.32 Å². The molecule has 3 N–H and O–H groups in total. The van der Waals surface area contributed by atoms with Gasteiger partial charge in [-0.3, -0.25) is 4.79 Å². The summed E-state index contributed by atoms with van der Waals surface area (Å²) in [6, 6.07) is 7.89. The maximum Gasteiger partial charge on any atom is 0.232 e. The molecule has 0 unspecified atom stereocenters. The molecule has 1 heterocycles. The summed E-state index contributed by atoms with van der Waals surface area (Å²) in [5.74, 6) is 0.0852. The van der Waals surface area contributed by atoms with E-state index in [0.717, 1.165) is 41.4 Å². The van der Waals surface area contributed by atoms with Gasteiger partial charge in [-0.05, 0) is 49.9 Å². The number of benzene rings is 1. The molecule has 0 radical (unpaired) electrons. The van der Waals surface area contributed by atoms with Crippen LogP contribution in [0.3, 0.4) is 0 Å². The molecule has 5 nitrogen and oxygen atoms in total. The second-order valence-electron chi connectivity index (χ2n) is 6.64. The zero-order chi connectivity index (χ0) is 16.1. The molecule has 2 aliphatic carbocycles. The van der Waals surface area contributed by atoms with Crippen LogP contribution < -0.4 is 11.1 Å². The summed E-state index contributed by atoms with van der Waals surface area (Å²) in [7, 11) is 1.97. The maximum atomic E-state index is 12.6. The smallest absolute Gasteiger partial charge is 0.232 e. The van der Waals surface area contributed by atoms with E-state index >= 15 is 0 Å². The van der Waals surface area contributed by atoms with E-state index in [1.807, 2.05) is 42.1 Å². The van der Waals surface area contributed by atoms with Crippen LogP contribution in [0.4, 0.5) is 5.69 Å². The number of nitrogens with two attached hydrogens (primary N) is 1. The fourth-order valence-corrected chi connectivity index (χ4v) is 3.90. The Kier molecular flexibility index (Phi) is 3.28. The molecule has 2 aliphatic rings. The van der Waals surface area contributed by atoms with Gasteiger partial charge in [-0.25, -0.2) is 4.98 Å². The van der Waals surface area contributed by atoms with E-state index in [0.29, 0.717) is 0 Å². The van der Waals surface area contributed by atoms with Gasteiger partial charge in [0, 0.05) is 35.6 Å². The van der Waals surface area contributed by atoms with Crippen molar-refractivity contribution in [2.24, 2.45) is 18.2 Å². The van der Waals surface area contributed by atoms with Gasteiger partial charge in [0.15, 0.2) is 5.16 Å². The summed E-state index contributed by atoms with van der Waals surface area (Å²) in [6.45, 7) is 0. The van der Waals surface area contributed by atoms with Crippen molar-refractivity contribution < 1.29 is 4.79 Å². The summed E-state index contributed by atoms with van der Waals surface area (Å²) in [5.41, 5.74) is 6.55. The summed E-state index contributed by atoms with van der Waals surface area (Å²) in [5, 5.41) is 3.98. The monoisotopic (exact) mass is 328 g/mol. The Labute approximate surface area is 139 Å². The number of carbonyl (C=O) groups is 1. The normalized spacial score (nSPS) is 20.1. The molecule has 0 atom stereocenters. The van der Waals surface area contributed by atoms with Crippen LogP contribution in [0.5, 0.6) is 0 Å². The molecule has 0 bridgehead atoms. The number of aryl methyl sites for hydroxylation is 1. The molecule has 0 spiro atoms. The molecule has 23 heavy (non-hydrogen) atoms. The van der Waals surface area contributed by atoms with Gasteiger partial charge in [-0.15, -0.1) is 0 Å². The third kappa shape index (κ3) is 2.56. The minimum Gasteiger partial charge on any atom is -0.329 e. The second kappa shape index (κ2) is 5.11. The number of rotatable bonds is 5. The lowest BCUT2D eigenvalue weighted by molar-refractivity contribution is -0.122. The molecule has 4 rings (SSSR count). The fraction of sp³-hybridized carbons (Fsp3) is 0.412. The van der Waals surface area contributed by atoms with E-state index in [-0.39, 0.29) is 16.9 Å². The predicted molar refractivity (Wildman–Crippen MR) is 90.2 cm³/mol. The summed E-state index contributed by atoms with van der Waals surface area (Å²) in [6.07, 6.45) is 7.49. The average Bonchev–Trinajstić information content (AvgIpc) is 3.44. The van der Waals surface area contributed by atoms with Crippen molar-refractivity contribution in [3.05, 3.63) is 36.7 Å². The van der Waals surface area contributed by atoms with Crippen LogP contribution in [0.15, 0.2) is 46.7 Å². The van der Waals surface area contributed by atoms with Gasteiger partial charge >= 0.3 is 0 Å². The van der Waals surface area contributed by atoms with Crippen LogP contribution in [-0.2, 0) is 11.8 Å². The van der Waals surface area contributed by atoms with Gasteiger partial charge in [0.25, 0.3) is 0 Å². The SMILES string of the molecule is Cn1ccnc1Sc1ccc(NC(=O)C2(C3(N)CC3)CC2)cc1. The highest BCUT2D eigenvalue weighted by atomic mass is 32.2. The minimum atomic E-state index is -0.312. The summed E-state index contributed by atoms with van der Waals surface area (Å²) < 4.78 is 1.98. The van der Waals surface area contributed by atoms with Crippen molar-refractivity contribution in [3.8, 4) is 0 Å². The van der Waals surface area contributed by atoms with Crippen LogP contribution >= 0.6 is 11.8 Å². The fourth-order valence-electron chi connectivity index (χ4n) is 3.10. The second-order valence-corrected chi connectivity index (χ2v) is 7.68. The largest absolute Gasteiger partial charge is 0.329 e. The van der Waals surface area contributed by atoms with Crippen molar-refractivity contribution >= 4 is 23.4 Å². The highest BCUT2D eigenvalue weighted by Gasteiger charge is 2.67. The number of amides is 1. The molecular formula is C17H20N4OS. The van der Waals surface area contributed by atoms with E-state index in [1.54, 1.807) is 18.0 Å². The Morgan fingerprint density at radius 1 is 1.26 bits per heavy atom. The molecule has 0 saturated heterocycles. The molecule has 0 aliphatic heterocycles. The van der Waals surface area contributed by atoms with Gasteiger partial charge in [0.05, 0.1) is 5.41 Å². The minimum absolute atomic E-state index is 0.0852. The van der Waals surface area contributed by atoms with E-state index in [2.05, 4.69) is 10.3 Å². The van der Waals surface area contributed by atoms with Crippen LogP contribution in [-0.4, -0.2) is 21.0 Å². The van der Waals surface area contributed by atoms with Gasteiger partial charge in [-0.1, -0.05) is 11.8 Å². The topological polar surface area (TPSA) is 72.9 Å². The first-order chi connectivity index (χ1) is 11.0. The molecule has 1 amide bonds. The Morgan fingerprint density at radius 3 is 2.48 bits per heavy atom. The van der Waals surface area contributed by atoms with Gasteiger partial charge in [0.1, 0.15) is 0 Å². The van der Waals surface area contributed by atoms with Crippen LogP contribution in [0, 0.1) is 5.41 Å². The lowest BCUT2D eigenvalue weighted by Crippen LogP contribution is -2.42. The van der Waals surface area contributed by atoms with Crippen molar-refractivity contribution in [3.63, 3.8) is 0 Å². The van der Waals surface area contributed by atoms with Crippen molar-refractivity contribution in [1.82, 2.24) is 9.55 Å². The van der Waals surface area contributed by atoms with E-state index in [9.17, 15) is 4.79 Å². The first kappa shape index (κ1) is 14.8. The van der Waals surface area contributed by atoms with Crippen molar-refractivity contribution in [1.29, 1.82) is 0 Å². The number of imidazole rings is 1. The molecule has 1 aromatic carbocycles. The van der Waals surface area contributed by atoms with Crippen LogP contribution in [0.1, 0.15) is 25.7 Å².